The Kier molecular flexibility index (Phi) is 5.46. The molecule has 1 aliphatic rings. The second kappa shape index (κ2) is 7.40. The molecule has 0 saturated carbocycles. The Morgan fingerprint density at radius 3 is 2.03 bits per heavy atom. The average Bonchev–Trinajstić information content (AvgIpc) is 2.91. The van der Waals surface area contributed by atoms with Crippen LogP contribution >= 0.6 is 0 Å². The summed E-state index contributed by atoms with van der Waals surface area (Å²) < 4.78 is 70.9. The van der Waals surface area contributed by atoms with Gasteiger partial charge in [-0.05, 0) is 23.3 Å². The zero-order chi connectivity index (χ0) is 23.2. The van der Waals surface area contributed by atoms with Gasteiger partial charge in [0.1, 0.15) is 7.85 Å². The maximum atomic E-state index is 12.8. The van der Waals surface area contributed by atoms with Gasteiger partial charge in [0.15, 0.2) is 5.50 Å². The normalized spacial score (nSPS) is 19.9. The summed E-state index contributed by atoms with van der Waals surface area (Å²) in [6.07, 6.45) is -4.62. The van der Waals surface area contributed by atoms with Crippen molar-refractivity contribution in [1.29, 1.82) is 0 Å². The van der Waals surface area contributed by atoms with E-state index in [1.54, 1.807) is 6.07 Å². The van der Waals surface area contributed by atoms with Crippen LogP contribution in [0.15, 0.2) is 66.2 Å². The summed E-state index contributed by atoms with van der Waals surface area (Å²) in [6, 6.07) is 10.3. The molecular formula is C18H11B3F3NO5S. The zero-order valence-corrected chi connectivity index (χ0v) is 16.4. The molecule has 0 fully saturated rings. The maximum absolute atomic E-state index is 12.8. The Morgan fingerprint density at radius 1 is 0.968 bits per heavy atom. The van der Waals surface area contributed by atoms with Gasteiger partial charge < -0.3 is 14.7 Å². The second-order valence-corrected chi connectivity index (χ2v) is 8.38. The number of ether oxygens (including phenoxy) is 1. The molecule has 2 N–H and O–H groups in total. The van der Waals surface area contributed by atoms with Crippen molar-refractivity contribution in [3.8, 4) is 0 Å². The highest BCUT2D eigenvalue weighted by atomic mass is 32.2. The lowest BCUT2D eigenvalue weighted by molar-refractivity contribution is -0.137. The van der Waals surface area contributed by atoms with E-state index in [0.717, 1.165) is 12.1 Å². The van der Waals surface area contributed by atoms with Crippen molar-refractivity contribution in [3.63, 3.8) is 0 Å². The molecule has 0 spiro atoms. The number of carbonyl (C=O) groups excluding carboxylic acids is 1. The molecule has 0 aliphatic carbocycles. The summed E-state index contributed by atoms with van der Waals surface area (Å²) in [5.74, 6) is -3.06. The fraction of sp³-hybridized carbons (Fsp3) is 0.167. The minimum atomic E-state index is -4.91. The first-order chi connectivity index (χ1) is 14.2. The van der Waals surface area contributed by atoms with Gasteiger partial charge in [-0.25, -0.2) is 0 Å². The minimum Gasteiger partial charge on any atom is -0.467 e. The number of halogens is 3. The summed E-state index contributed by atoms with van der Waals surface area (Å²) in [5, 5.41) is 0. The van der Waals surface area contributed by atoms with Crippen LogP contribution in [-0.2, 0) is 40.1 Å². The molecule has 2 aromatic carbocycles. The first-order valence-electron chi connectivity index (χ1n) is 8.47. The Bertz CT molecular complexity index is 1150. The Morgan fingerprint density at radius 2 is 1.52 bits per heavy atom. The SMILES string of the molecule is [B]C([B])(c1ccccc1)S(=O)(=O)OC1=C(N)O[C@]([B])(c2ccc(C(F)(F)F)cc2)C1=O. The summed E-state index contributed by atoms with van der Waals surface area (Å²) in [5.41, 5.74) is 1.88. The highest BCUT2D eigenvalue weighted by molar-refractivity contribution is 7.90. The summed E-state index contributed by atoms with van der Waals surface area (Å²) >= 11 is 0. The van der Waals surface area contributed by atoms with E-state index in [9.17, 15) is 26.4 Å². The van der Waals surface area contributed by atoms with Gasteiger partial charge in [-0.2, -0.15) is 21.6 Å². The molecule has 154 valence electrons. The number of rotatable bonds is 5. The van der Waals surface area contributed by atoms with E-state index < -0.39 is 49.3 Å². The topological polar surface area (TPSA) is 95.7 Å². The van der Waals surface area contributed by atoms with E-state index in [1.807, 2.05) is 0 Å². The predicted molar refractivity (Wildman–Crippen MR) is 106 cm³/mol. The highest BCUT2D eigenvalue weighted by Gasteiger charge is 2.50. The third-order valence-electron chi connectivity index (χ3n) is 4.51. The van der Waals surface area contributed by atoms with Crippen LogP contribution in [0.4, 0.5) is 13.2 Å². The summed E-state index contributed by atoms with van der Waals surface area (Å²) in [4.78, 5) is 12.8. The van der Waals surface area contributed by atoms with Gasteiger partial charge in [-0.3, -0.25) is 4.79 Å². The van der Waals surface area contributed by atoms with Crippen molar-refractivity contribution in [2.45, 2.75) is 16.2 Å². The monoisotopic (exact) mass is 443 g/mol. The number of hydrogen-bond donors (Lipinski definition) is 1. The fourth-order valence-electron chi connectivity index (χ4n) is 2.74. The molecule has 1 atom stereocenters. The van der Waals surface area contributed by atoms with E-state index in [-0.39, 0.29) is 11.1 Å². The first-order valence-corrected chi connectivity index (χ1v) is 9.88. The lowest BCUT2D eigenvalue weighted by Gasteiger charge is -2.26. The molecule has 3 rings (SSSR count). The Balaban J connectivity index is 1.91. The highest BCUT2D eigenvalue weighted by Crippen LogP contribution is 2.39. The van der Waals surface area contributed by atoms with Crippen molar-refractivity contribution in [2.24, 2.45) is 5.73 Å². The third kappa shape index (κ3) is 3.94. The minimum absolute atomic E-state index is 0.0534. The predicted octanol–water partition coefficient (Wildman–Crippen LogP) is 1.25. The molecule has 13 heteroatoms. The van der Waals surface area contributed by atoms with Gasteiger partial charge >= 0.3 is 16.3 Å². The Labute approximate surface area is 179 Å². The van der Waals surface area contributed by atoms with Gasteiger partial charge in [0.25, 0.3) is 0 Å². The van der Waals surface area contributed by atoms with E-state index in [1.165, 1.54) is 24.3 Å². The lowest BCUT2D eigenvalue weighted by Crippen LogP contribution is -2.40. The van der Waals surface area contributed by atoms with E-state index in [2.05, 4.69) is 0 Å². The van der Waals surface area contributed by atoms with E-state index in [4.69, 9.17) is 38.2 Å². The van der Waals surface area contributed by atoms with Gasteiger partial charge in [0.05, 0.1) is 25.8 Å². The quantitative estimate of drug-likeness (QED) is 0.553. The standard InChI is InChI=1S/C18H11B3F3NO5S/c19-16(10-6-8-12(9-7-10)18(22,23)24)14(26)13(15(25)29-16)30-31(27,28)17(20,21)11-4-2-1-3-5-11/h1-9H,25H2/t16-/m1/s1. The van der Waals surface area contributed by atoms with Gasteiger partial charge in [-0.1, -0.05) is 42.5 Å². The first kappa shape index (κ1) is 22.9. The number of hydrogen-bond acceptors (Lipinski definition) is 6. The molecule has 0 bridgehead atoms. The summed E-state index contributed by atoms with van der Waals surface area (Å²) in [7, 11) is 12.4. The average molecular weight is 443 g/mol. The summed E-state index contributed by atoms with van der Waals surface area (Å²) in [6.45, 7) is 0. The van der Waals surface area contributed by atoms with Crippen molar-refractivity contribution < 1.29 is 35.3 Å². The van der Waals surface area contributed by atoms with Crippen LogP contribution in [0, 0.1) is 0 Å². The Hall–Kier alpha value is -2.82. The van der Waals surface area contributed by atoms with Gasteiger partial charge in [0.2, 0.25) is 17.4 Å². The van der Waals surface area contributed by atoms with Crippen LogP contribution < -0.4 is 5.73 Å². The maximum Gasteiger partial charge on any atom is 0.416 e. The number of nitrogens with two attached hydrogens (primary N) is 1. The number of benzene rings is 2. The third-order valence-corrected chi connectivity index (χ3v) is 5.96. The van der Waals surface area contributed by atoms with Crippen LogP contribution in [0.2, 0.25) is 0 Å². The van der Waals surface area contributed by atoms with Crippen LogP contribution in [0.3, 0.4) is 0 Å². The van der Waals surface area contributed by atoms with Gasteiger partial charge in [0, 0.05) is 0 Å². The molecule has 31 heavy (non-hydrogen) atoms. The van der Waals surface area contributed by atoms with Crippen molar-refractivity contribution in [1.82, 2.24) is 0 Å². The number of alkyl halides is 3. The van der Waals surface area contributed by atoms with Crippen LogP contribution in [0.5, 0.6) is 0 Å². The van der Waals surface area contributed by atoms with Crippen LogP contribution in [0.1, 0.15) is 16.7 Å². The molecule has 0 saturated heterocycles. The number of Topliss-reactive ketones (excluding diaryl/α,β-unsaturated/α-hetero) is 1. The van der Waals surface area contributed by atoms with Crippen LogP contribution in [0.25, 0.3) is 0 Å². The molecule has 0 amide bonds. The molecule has 0 aromatic heterocycles. The lowest BCUT2D eigenvalue weighted by atomic mass is 9.65. The smallest absolute Gasteiger partial charge is 0.416 e. The number of carbonyl (C=O) groups is 1. The van der Waals surface area contributed by atoms with Crippen LogP contribution in [-0.4, -0.2) is 37.7 Å². The molecule has 1 heterocycles. The number of ketones is 1. The molecule has 6 nitrogen and oxygen atoms in total. The molecule has 0 unspecified atom stereocenters. The largest absolute Gasteiger partial charge is 0.467 e. The van der Waals surface area contributed by atoms with Crippen molar-refractivity contribution in [2.75, 3.05) is 0 Å². The van der Waals surface area contributed by atoms with E-state index in [0.29, 0.717) is 12.1 Å². The second-order valence-electron chi connectivity index (χ2n) is 6.63. The van der Waals surface area contributed by atoms with Gasteiger partial charge in [-0.15, -0.1) is 0 Å². The molecule has 1 aliphatic heterocycles. The molecular weight excluding hydrogens is 432 g/mol. The van der Waals surface area contributed by atoms with Crippen molar-refractivity contribution >= 4 is 39.4 Å². The zero-order valence-electron chi connectivity index (χ0n) is 15.6. The molecule has 2 aromatic rings. The fourth-order valence-corrected chi connectivity index (χ4v) is 3.68. The van der Waals surface area contributed by atoms with Crippen molar-refractivity contribution in [3.05, 3.63) is 82.9 Å². The molecule has 6 radical (unpaired) electrons. The van der Waals surface area contributed by atoms with E-state index >= 15 is 0 Å².